The van der Waals surface area contributed by atoms with Crippen LogP contribution in [0.5, 0.6) is 0 Å². The van der Waals surface area contributed by atoms with Crippen molar-refractivity contribution in [3.63, 3.8) is 0 Å². The van der Waals surface area contributed by atoms with Gasteiger partial charge in [-0.15, -0.1) is 17.0 Å². The van der Waals surface area contributed by atoms with Crippen molar-refractivity contribution in [1.29, 1.82) is 0 Å². The number of rotatable bonds is 1. The molecule has 1 aromatic rings. The summed E-state index contributed by atoms with van der Waals surface area (Å²) in [5.41, 5.74) is 2.02. The summed E-state index contributed by atoms with van der Waals surface area (Å²) in [6, 6.07) is 3.81. The summed E-state index contributed by atoms with van der Waals surface area (Å²) in [5.74, 6) is 0.535. The number of nitrogens with zero attached hydrogens (tertiary/aromatic N) is 1. The van der Waals surface area contributed by atoms with Crippen molar-refractivity contribution in [3.05, 3.63) is 23.4 Å². The van der Waals surface area contributed by atoms with E-state index in [-0.39, 0.29) is 22.9 Å². The molecular weight excluding hydrogens is 232 g/mol. The number of carbonyl (C=O) groups is 1. The number of aryl methyl sites for hydroxylation is 2. The zero-order chi connectivity index (χ0) is 9.14. The Bertz CT molecular complexity index is 292. The fourth-order valence-corrected chi connectivity index (χ4v) is 1.09. The van der Waals surface area contributed by atoms with Crippen LogP contribution in [-0.4, -0.2) is 10.9 Å². The van der Waals surface area contributed by atoms with Crippen molar-refractivity contribution in [3.8, 4) is 0 Å². The fourth-order valence-electron chi connectivity index (χ4n) is 1.09. The van der Waals surface area contributed by atoms with Crippen LogP contribution in [0.3, 0.4) is 0 Å². The summed E-state index contributed by atoms with van der Waals surface area (Å²) in [5, 5.41) is 2.64. The van der Waals surface area contributed by atoms with Gasteiger partial charge in [-0.2, -0.15) is 0 Å². The zero-order valence-electron chi connectivity index (χ0n) is 7.92. The van der Waals surface area contributed by atoms with Crippen LogP contribution in [-0.2, 0) is 4.79 Å². The topological polar surface area (TPSA) is 42.0 Å². The molecule has 0 unspecified atom stereocenters. The molecule has 0 aromatic carbocycles. The highest BCUT2D eigenvalue weighted by Gasteiger charge is 1.97. The molecule has 1 heterocycles. The van der Waals surface area contributed by atoms with E-state index in [0.29, 0.717) is 5.82 Å². The summed E-state index contributed by atoms with van der Waals surface area (Å²) in [4.78, 5) is 14.8. The Morgan fingerprint density at radius 2 is 2.00 bits per heavy atom. The number of hydrogen-bond donors (Lipinski definition) is 1. The third kappa shape index (κ3) is 4.03. The maximum atomic E-state index is 10.7. The minimum Gasteiger partial charge on any atom is -0.311 e. The van der Waals surface area contributed by atoms with E-state index < -0.39 is 0 Å². The molecule has 0 spiro atoms. The summed E-state index contributed by atoms with van der Waals surface area (Å²) in [6.07, 6.45) is 0. The summed E-state index contributed by atoms with van der Waals surface area (Å²) >= 11 is 0. The highest BCUT2D eigenvalue weighted by molar-refractivity contribution is 8.93. The predicted molar refractivity (Wildman–Crippen MR) is 58.3 cm³/mol. The minimum atomic E-state index is -0.0903. The second-order valence-corrected chi connectivity index (χ2v) is 2.85. The predicted octanol–water partition coefficient (Wildman–Crippen LogP) is 2.23. The maximum Gasteiger partial charge on any atom is 0.222 e. The normalized spacial score (nSPS) is 8.85. The Balaban J connectivity index is 0.00000144. The van der Waals surface area contributed by atoms with Crippen molar-refractivity contribution in [2.24, 2.45) is 0 Å². The molecule has 0 fully saturated rings. The second-order valence-electron chi connectivity index (χ2n) is 2.85. The minimum absolute atomic E-state index is 0. The zero-order valence-corrected chi connectivity index (χ0v) is 9.63. The van der Waals surface area contributed by atoms with E-state index in [0.717, 1.165) is 11.3 Å². The molecule has 0 bridgehead atoms. The number of halogens is 1. The highest BCUT2D eigenvalue weighted by atomic mass is 79.9. The lowest BCUT2D eigenvalue weighted by Gasteiger charge is -2.03. The number of hydrogen-bond acceptors (Lipinski definition) is 2. The summed E-state index contributed by atoms with van der Waals surface area (Å²) < 4.78 is 0. The quantitative estimate of drug-likeness (QED) is 0.824. The molecular formula is C9H13BrN2O. The van der Waals surface area contributed by atoms with Crippen LogP contribution >= 0.6 is 17.0 Å². The van der Waals surface area contributed by atoms with E-state index in [2.05, 4.69) is 10.3 Å². The molecule has 1 aromatic heterocycles. The van der Waals surface area contributed by atoms with Gasteiger partial charge < -0.3 is 5.32 Å². The van der Waals surface area contributed by atoms with E-state index in [4.69, 9.17) is 0 Å². The van der Waals surface area contributed by atoms with Crippen molar-refractivity contribution in [2.45, 2.75) is 20.8 Å². The van der Waals surface area contributed by atoms with Gasteiger partial charge in [0.25, 0.3) is 0 Å². The fraction of sp³-hybridized carbons (Fsp3) is 0.333. The molecule has 1 rings (SSSR count). The molecule has 0 aliphatic carbocycles. The molecule has 4 heteroatoms. The monoisotopic (exact) mass is 244 g/mol. The largest absolute Gasteiger partial charge is 0.311 e. The number of carbonyl (C=O) groups excluding carboxylic acids is 1. The Kier molecular flexibility index (Phi) is 4.62. The molecule has 13 heavy (non-hydrogen) atoms. The lowest BCUT2D eigenvalue weighted by Crippen LogP contribution is -2.07. The number of amides is 1. The van der Waals surface area contributed by atoms with Crippen molar-refractivity contribution in [1.82, 2.24) is 4.98 Å². The Labute approximate surface area is 88.3 Å². The van der Waals surface area contributed by atoms with Gasteiger partial charge in [0.05, 0.1) is 0 Å². The van der Waals surface area contributed by atoms with E-state index in [9.17, 15) is 4.79 Å². The lowest BCUT2D eigenvalue weighted by molar-refractivity contribution is -0.114. The number of nitrogens with one attached hydrogen (secondary N) is 1. The van der Waals surface area contributed by atoms with E-state index in [1.165, 1.54) is 6.92 Å². The maximum absolute atomic E-state index is 10.7. The Hall–Kier alpha value is -0.900. The Morgan fingerprint density at radius 1 is 1.38 bits per heavy atom. The second kappa shape index (κ2) is 4.97. The first-order valence-corrected chi connectivity index (χ1v) is 3.81. The van der Waals surface area contributed by atoms with Gasteiger partial charge in [-0.1, -0.05) is 0 Å². The molecule has 0 saturated carbocycles. The van der Waals surface area contributed by atoms with Gasteiger partial charge in [0.1, 0.15) is 5.82 Å². The molecule has 0 aliphatic rings. The van der Waals surface area contributed by atoms with Gasteiger partial charge in [-0.05, 0) is 31.5 Å². The van der Waals surface area contributed by atoms with Crippen LogP contribution in [0.15, 0.2) is 12.1 Å². The third-order valence-corrected chi connectivity index (χ3v) is 1.40. The van der Waals surface area contributed by atoms with Crippen LogP contribution in [0.2, 0.25) is 0 Å². The molecule has 0 atom stereocenters. The van der Waals surface area contributed by atoms with Crippen LogP contribution < -0.4 is 5.32 Å². The first-order valence-electron chi connectivity index (χ1n) is 3.81. The van der Waals surface area contributed by atoms with Crippen molar-refractivity contribution in [2.75, 3.05) is 5.32 Å². The van der Waals surface area contributed by atoms with Gasteiger partial charge in [0.2, 0.25) is 5.91 Å². The standard InChI is InChI=1S/C9H12N2O.BrH/c1-6-4-7(2)10-9(5-6)11-8(3)12;/h4-5H,1-3H3,(H,10,11,12);1H. The first kappa shape index (κ1) is 12.1. The van der Waals surface area contributed by atoms with Gasteiger partial charge in [-0.25, -0.2) is 4.98 Å². The number of anilines is 1. The van der Waals surface area contributed by atoms with Gasteiger partial charge >= 0.3 is 0 Å². The van der Waals surface area contributed by atoms with Crippen LogP contribution in [0.4, 0.5) is 5.82 Å². The molecule has 3 nitrogen and oxygen atoms in total. The SMILES string of the molecule is Br.CC(=O)Nc1cc(C)cc(C)n1. The van der Waals surface area contributed by atoms with Crippen LogP contribution in [0.25, 0.3) is 0 Å². The smallest absolute Gasteiger partial charge is 0.222 e. The molecule has 1 amide bonds. The van der Waals surface area contributed by atoms with Crippen molar-refractivity contribution < 1.29 is 4.79 Å². The van der Waals surface area contributed by atoms with Gasteiger partial charge in [-0.3, -0.25) is 4.79 Å². The first-order chi connectivity index (χ1) is 5.58. The van der Waals surface area contributed by atoms with Crippen LogP contribution in [0.1, 0.15) is 18.2 Å². The van der Waals surface area contributed by atoms with Crippen LogP contribution in [0, 0.1) is 13.8 Å². The van der Waals surface area contributed by atoms with Gasteiger partial charge in [0.15, 0.2) is 0 Å². The molecule has 0 radical (unpaired) electrons. The Morgan fingerprint density at radius 3 is 2.46 bits per heavy atom. The van der Waals surface area contributed by atoms with E-state index >= 15 is 0 Å². The lowest BCUT2D eigenvalue weighted by atomic mass is 10.2. The van der Waals surface area contributed by atoms with Crippen molar-refractivity contribution >= 4 is 28.7 Å². The van der Waals surface area contributed by atoms with E-state index in [1.54, 1.807) is 0 Å². The molecule has 1 N–H and O–H groups in total. The number of aromatic nitrogens is 1. The highest BCUT2D eigenvalue weighted by Crippen LogP contribution is 2.08. The molecule has 0 saturated heterocycles. The summed E-state index contributed by atoms with van der Waals surface area (Å²) in [6.45, 7) is 5.34. The molecule has 72 valence electrons. The summed E-state index contributed by atoms with van der Waals surface area (Å²) in [7, 11) is 0. The van der Waals surface area contributed by atoms with Gasteiger partial charge in [0, 0.05) is 12.6 Å². The average molecular weight is 245 g/mol. The average Bonchev–Trinajstić information content (AvgIpc) is 1.81. The van der Waals surface area contributed by atoms with E-state index in [1.807, 2.05) is 26.0 Å². The number of pyridine rings is 1. The molecule has 0 aliphatic heterocycles. The third-order valence-electron chi connectivity index (χ3n) is 1.40.